The van der Waals surface area contributed by atoms with Crippen LogP contribution >= 0.6 is 11.3 Å². The summed E-state index contributed by atoms with van der Waals surface area (Å²) in [5.41, 5.74) is 0.407. The highest BCUT2D eigenvalue weighted by Gasteiger charge is 2.12. The molecule has 0 saturated heterocycles. The minimum absolute atomic E-state index is 0.180. The molecule has 0 saturated carbocycles. The van der Waals surface area contributed by atoms with Crippen LogP contribution in [0.15, 0.2) is 70.3 Å². The van der Waals surface area contributed by atoms with Crippen LogP contribution in [0.25, 0.3) is 20.7 Å². The highest BCUT2D eigenvalue weighted by Crippen LogP contribution is 2.30. The Morgan fingerprint density at radius 2 is 1.80 bits per heavy atom. The zero-order valence-electron chi connectivity index (χ0n) is 15.8. The second-order valence-electron chi connectivity index (χ2n) is 6.64. The Morgan fingerprint density at radius 3 is 2.50 bits per heavy atom. The number of nitrogens with zero attached hydrogens (tertiary/aromatic N) is 1. The molecule has 0 unspecified atom stereocenters. The Bertz CT molecular complexity index is 1300. The van der Waals surface area contributed by atoms with Gasteiger partial charge in [-0.15, -0.1) is 11.3 Å². The number of aromatic nitrogens is 2. The Labute approximate surface area is 174 Å². The largest absolute Gasteiger partial charge is 0.494 e. The molecule has 4 rings (SSSR count). The van der Waals surface area contributed by atoms with Crippen LogP contribution in [-0.2, 0) is 6.54 Å². The molecule has 0 bridgehead atoms. The van der Waals surface area contributed by atoms with E-state index in [4.69, 9.17) is 9.84 Å². The maximum atomic E-state index is 12.8. The van der Waals surface area contributed by atoms with Gasteiger partial charge in [-0.05, 0) is 42.3 Å². The van der Waals surface area contributed by atoms with Gasteiger partial charge in [-0.25, -0.2) is 9.59 Å². The lowest BCUT2D eigenvalue weighted by Gasteiger charge is -2.07. The van der Waals surface area contributed by atoms with E-state index in [9.17, 15) is 14.4 Å². The first-order chi connectivity index (χ1) is 14.5. The van der Waals surface area contributed by atoms with Crippen LogP contribution < -0.4 is 16.0 Å². The summed E-state index contributed by atoms with van der Waals surface area (Å²) >= 11 is 1.38. The number of ether oxygens (including phenoxy) is 1. The summed E-state index contributed by atoms with van der Waals surface area (Å²) in [7, 11) is 0. The number of carboxylic acid groups (broad SMARTS) is 1. The van der Waals surface area contributed by atoms with Crippen molar-refractivity contribution in [2.24, 2.45) is 0 Å². The molecule has 7 nitrogen and oxygen atoms in total. The monoisotopic (exact) mass is 422 g/mol. The van der Waals surface area contributed by atoms with Gasteiger partial charge in [0.25, 0.3) is 5.56 Å². The van der Waals surface area contributed by atoms with Crippen LogP contribution in [0.3, 0.4) is 0 Å². The first-order valence-electron chi connectivity index (χ1n) is 9.31. The van der Waals surface area contributed by atoms with Gasteiger partial charge in [-0.2, -0.15) is 0 Å². The van der Waals surface area contributed by atoms with Crippen molar-refractivity contribution in [2.75, 3.05) is 6.61 Å². The van der Waals surface area contributed by atoms with Gasteiger partial charge in [0.1, 0.15) is 10.6 Å². The van der Waals surface area contributed by atoms with Gasteiger partial charge in [0.05, 0.1) is 17.6 Å². The molecule has 0 aliphatic heterocycles. The predicted molar refractivity (Wildman–Crippen MR) is 116 cm³/mol. The molecule has 0 aliphatic rings. The van der Waals surface area contributed by atoms with E-state index in [2.05, 4.69) is 4.98 Å². The van der Waals surface area contributed by atoms with Gasteiger partial charge in [0, 0.05) is 11.4 Å². The molecule has 0 fully saturated rings. The van der Waals surface area contributed by atoms with Crippen molar-refractivity contribution in [3.8, 4) is 16.2 Å². The number of hydrogen-bond donors (Lipinski definition) is 2. The van der Waals surface area contributed by atoms with E-state index in [1.807, 2.05) is 36.4 Å². The molecule has 0 amide bonds. The summed E-state index contributed by atoms with van der Waals surface area (Å²) in [4.78, 5) is 40.3. The molecule has 0 aliphatic carbocycles. The summed E-state index contributed by atoms with van der Waals surface area (Å²) in [6, 6.07) is 17.6. The number of carbonyl (C=O) groups is 1. The number of hydrogen-bond acceptors (Lipinski definition) is 5. The smallest absolute Gasteiger partial charge is 0.335 e. The SMILES string of the molecule is O=C(O)c1ccc(OCCCn2c(=O)[nH]c3sc(-c4ccccc4)cc3c2=O)cc1. The Kier molecular flexibility index (Phi) is 5.49. The minimum Gasteiger partial charge on any atom is -0.494 e. The van der Waals surface area contributed by atoms with E-state index < -0.39 is 11.7 Å². The molecule has 4 aromatic rings. The molecular formula is C22H18N2O5S. The van der Waals surface area contributed by atoms with Crippen LogP contribution in [0.5, 0.6) is 5.75 Å². The van der Waals surface area contributed by atoms with Crippen molar-refractivity contribution < 1.29 is 14.6 Å². The van der Waals surface area contributed by atoms with Crippen molar-refractivity contribution in [2.45, 2.75) is 13.0 Å². The fourth-order valence-corrected chi connectivity index (χ4v) is 4.14. The van der Waals surface area contributed by atoms with Gasteiger partial charge >= 0.3 is 11.7 Å². The molecule has 30 heavy (non-hydrogen) atoms. The normalized spacial score (nSPS) is 10.9. The molecule has 0 atom stereocenters. The van der Waals surface area contributed by atoms with Crippen LogP contribution in [0, 0.1) is 0 Å². The van der Waals surface area contributed by atoms with Crippen LogP contribution in [-0.4, -0.2) is 27.2 Å². The second kappa shape index (κ2) is 8.38. The fraction of sp³-hybridized carbons (Fsp3) is 0.136. The first-order valence-corrected chi connectivity index (χ1v) is 10.1. The molecule has 2 aromatic heterocycles. The van der Waals surface area contributed by atoms with Crippen LogP contribution in [0.2, 0.25) is 0 Å². The number of aromatic carboxylic acids is 1. The van der Waals surface area contributed by atoms with E-state index in [1.54, 1.807) is 12.1 Å². The number of thiophene rings is 1. The number of H-pyrrole nitrogens is 1. The van der Waals surface area contributed by atoms with Gasteiger partial charge in [-0.1, -0.05) is 30.3 Å². The van der Waals surface area contributed by atoms with Crippen LogP contribution in [0.4, 0.5) is 0 Å². The molecule has 0 spiro atoms. The van der Waals surface area contributed by atoms with Gasteiger partial charge in [-0.3, -0.25) is 14.3 Å². The lowest BCUT2D eigenvalue weighted by atomic mass is 10.2. The molecule has 8 heteroatoms. The molecule has 152 valence electrons. The molecular weight excluding hydrogens is 404 g/mol. The summed E-state index contributed by atoms with van der Waals surface area (Å²) in [5, 5.41) is 9.39. The van der Waals surface area contributed by atoms with Crippen molar-refractivity contribution >= 4 is 27.5 Å². The third-order valence-corrected chi connectivity index (χ3v) is 5.73. The van der Waals surface area contributed by atoms with E-state index in [1.165, 1.54) is 28.0 Å². The molecule has 0 radical (unpaired) electrons. The standard InChI is InChI=1S/C22H18N2O5S/c25-20-17-13-18(14-5-2-1-3-6-14)30-19(17)23-22(28)24(20)11-4-12-29-16-9-7-15(8-10-16)21(26)27/h1-3,5-10,13H,4,11-12H2,(H,23,28)(H,26,27). The third-order valence-electron chi connectivity index (χ3n) is 4.63. The molecule has 2 N–H and O–H groups in total. The van der Waals surface area contributed by atoms with E-state index in [0.29, 0.717) is 22.4 Å². The second-order valence-corrected chi connectivity index (χ2v) is 7.69. The lowest BCUT2D eigenvalue weighted by molar-refractivity contribution is 0.0697. The first kappa shape index (κ1) is 19.7. The highest BCUT2D eigenvalue weighted by atomic mass is 32.1. The summed E-state index contributed by atoms with van der Waals surface area (Å²) in [6.07, 6.45) is 0.449. The zero-order valence-corrected chi connectivity index (χ0v) is 16.6. The van der Waals surface area contributed by atoms with Gasteiger partial charge in [0.15, 0.2) is 0 Å². The van der Waals surface area contributed by atoms with E-state index in [0.717, 1.165) is 10.4 Å². The van der Waals surface area contributed by atoms with Gasteiger partial charge in [0.2, 0.25) is 0 Å². The Hall–Kier alpha value is -3.65. The molecule has 2 heterocycles. The number of aromatic amines is 1. The molecule has 2 aromatic carbocycles. The minimum atomic E-state index is -1.00. The average Bonchev–Trinajstić information content (AvgIpc) is 3.18. The number of fused-ring (bicyclic) bond motifs is 1. The van der Waals surface area contributed by atoms with E-state index in [-0.39, 0.29) is 24.3 Å². The summed E-state index contributed by atoms with van der Waals surface area (Å²) in [5.74, 6) is -0.471. The van der Waals surface area contributed by atoms with Crippen molar-refractivity contribution in [1.29, 1.82) is 0 Å². The van der Waals surface area contributed by atoms with Crippen LogP contribution in [0.1, 0.15) is 16.8 Å². The third kappa shape index (κ3) is 4.04. The predicted octanol–water partition coefficient (Wildman–Crippen LogP) is 3.59. The van der Waals surface area contributed by atoms with E-state index >= 15 is 0 Å². The maximum absolute atomic E-state index is 12.8. The topological polar surface area (TPSA) is 101 Å². The average molecular weight is 422 g/mol. The van der Waals surface area contributed by atoms with Crippen molar-refractivity contribution in [3.05, 3.63) is 87.1 Å². The quantitative estimate of drug-likeness (QED) is 0.443. The van der Waals surface area contributed by atoms with Gasteiger partial charge < -0.3 is 9.84 Å². The Morgan fingerprint density at radius 1 is 1.07 bits per heavy atom. The Balaban J connectivity index is 1.47. The number of rotatable bonds is 7. The highest BCUT2D eigenvalue weighted by molar-refractivity contribution is 7.21. The number of benzene rings is 2. The zero-order chi connectivity index (χ0) is 21.1. The summed E-state index contributed by atoms with van der Waals surface area (Å²) in [6.45, 7) is 0.503. The number of carboxylic acids is 1. The van der Waals surface area contributed by atoms with Crippen molar-refractivity contribution in [1.82, 2.24) is 9.55 Å². The van der Waals surface area contributed by atoms with Crippen molar-refractivity contribution in [3.63, 3.8) is 0 Å². The fourth-order valence-electron chi connectivity index (χ4n) is 3.10. The lowest BCUT2D eigenvalue weighted by Crippen LogP contribution is -2.35. The number of nitrogens with one attached hydrogen (secondary N) is 1. The maximum Gasteiger partial charge on any atom is 0.335 e. The summed E-state index contributed by atoms with van der Waals surface area (Å²) < 4.78 is 6.75.